The third-order valence-corrected chi connectivity index (χ3v) is 5.82. The van der Waals surface area contributed by atoms with Crippen LogP contribution < -0.4 is 4.74 Å². The summed E-state index contributed by atoms with van der Waals surface area (Å²) in [5.74, 6) is 0.954. The van der Waals surface area contributed by atoms with E-state index in [2.05, 4.69) is 11.9 Å². The lowest BCUT2D eigenvalue weighted by atomic mass is 9.98. The standard InChI is InChI=1S/C21H31N3O3/c1-22-12-4-3-5-18(22)8-11-20(25)24-14-13-23(21(26)16-24)15-17-6-9-19(27-2)10-7-17/h6-7,9-10,18H,3-5,8,11-16H2,1-2H3. The van der Waals surface area contributed by atoms with Crippen molar-refractivity contribution >= 4 is 11.8 Å². The molecule has 6 nitrogen and oxygen atoms in total. The molecular formula is C21H31N3O3. The van der Waals surface area contributed by atoms with Crippen LogP contribution in [0.2, 0.25) is 0 Å². The summed E-state index contributed by atoms with van der Waals surface area (Å²) in [6.45, 7) is 3.13. The molecule has 0 aliphatic carbocycles. The molecule has 0 spiro atoms. The second-order valence-electron chi connectivity index (χ2n) is 7.65. The summed E-state index contributed by atoms with van der Waals surface area (Å²) in [7, 11) is 3.79. The summed E-state index contributed by atoms with van der Waals surface area (Å²) >= 11 is 0. The maximum atomic E-state index is 12.6. The molecule has 0 bridgehead atoms. The van der Waals surface area contributed by atoms with Crippen LogP contribution in [0.4, 0.5) is 0 Å². The molecule has 0 radical (unpaired) electrons. The van der Waals surface area contributed by atoms with E-state index in [9.17, 15) is 9.59 Å². The van der Waals surface area contributed by atoms with E-state index in [-0.39, 0.29) is 18.4 Å². The number of amides is 2. The van der Waals surface area contributed by atoms with Crippen LogP contribution in [0.25, 0.3) is 0 Å². The molecule has 0 aromatic heterocycles. The van der Waals surface area contributed by atoms with Crippen LogP contribution in [0.15, 0.2) is 24.3 Å². The minimum Gasteiger partial charge on any atom is -0.497 e. The van der Waals surface area contributed by atoms with Gasteiger partial charge < -0.3 is 19.4 Å². The lowest BCUT2D eigenvalue weighted by molar-refractivity contribution is -0.145. The third kappa shape index (κ3) is 5.22. The molecule has 0 saturated carbocycles. The van der Waals surface area contributed by atoms with Crippen LogP contribution in [-0.2, 0) is 16.1 Å². The number of carbonyl (C=O) groups is 2. The average Bonchev–Trinajstić information content (AvgIpc) is 2.69. The molecule has 2 saturated heterocycles. The van der Waals surface area contributed by atoms with Crippen molar-refractivity contribution in [1.82, 2.24) is 14.7 Å². The maximum Gasteiger partial charge on any atom is 0.242 e. The van der Waals surface area contributed by atoms with Gasteiger partial charge in [0.15, 0.2) is 0 Å². The van der Waals surface area contributed by atoms with Crippen LogP contribution in [0, 0.1) is 0 Å². The molecule has 1 aromatic rings. The number of piperazine rings is 1. The van der Waals surface area contributed by atoms with E-state index in [1.165, 1.54) is 19.3 Å². The molecule has 2 heterocycles. The molecule has 1 aromatic carbocycles. The summed E-state index contributed by atoms with van der Waals surface area (Å²) in [5, 5.41) is 0. The zero-order valence-electron chi connectivity index (χ0n) is 16.5. The van der Waals surface area contributed by atoms with Crippen LogP contribution in [0.3, 0.4) is 0 Å². The number of hydrogen-bond donors (Lipinski definition) is 0. The van der Waals surface area contributed by atoms with Gasteiger partial charge in [-0.25, -0.2) is 0 Å². The quantitative estimate of drug-likeness (QED) is 0.767. The first-order valence-corrected chi connectivity index (χ1v) is 9.95. The van der Waals surface area contributed by atoms with Gasteiger partial charge in [0.2, 0.25) is 11.8 Å². The number of rotatable bonds is 6. The summed E-state index contributed by atoms with van der Waals surface area (Å²) in [4.78, 5) is 31.0. The molecule has 2 amide bonds. The number of benzene rings is 1. The Bertz CT molecular complexity index is 647. The number of hydrogen-bond acceptors (Lipinski definition) is 4. The Morgan fingerprint density at radius 2 is 1.93 bits per heavy atom. The second-order valence-corrected chi connectivity index (χ2v) is 7.65. The van der Waals surface area contributed by atoms with Crippen molar-refractivity contribution in [3.05, 3.63) is 29.8 Å². The highest BCUT2D eigenvalue weighted by molar-refractivity contribution is 5.86. The number of ether oxygens (including phenoxy) is 1. The van der Waals surface area contributed by atoms with Gasteiger partial charge in [0.05, 0.1) is 13.7 Å². The Morgan fingerprint density at radius 3 is 2.59 bits per heavy atom. The van der Waals surface area contributed by atoms with Gasteiger partial charge >= 0.3 is 0 Å². The zero-order valence-corrected chi connectivity index (χ0v) is 16.5. The van der Waals surface area contributed by atoms with Gasteiger partial charge in [0, 0.05) is 32.1 Å². The molecule has 2 aliphatic heterocycles. The molecule has 0 N–H and O–H groups in total. The monoisotopic (exact) mass is 373 g/mol. The topological polar surface area (TPSA) is 53.1 Å². The number of piperidine rings is 1. The predicted molar refractivity (Wildman–Crippen MR) is 104 cm³/mol. The van der Waals surface area contributed by atoms with Gasteiger partial charge in [0.1, 0.15) is 5.75 Å². The van der Waals surface area contributed by atoms with Crippen LogP contribution in [0.1, 0.15) is 37.7 Å². The van der Waals surface area contributed by atoms with Gasteiger partial charge in [-0.15, -0.1) is 0 Å². The first kappa shape index (κ1) is 19.7. The summed E-state index contributed by atoms with van der Waals surface area (Å²) in [5.41, 5.74) is 1.07. The van der Waals surface area contributed by atoms with E-state index in [0.29, 0.717) is 32.1 Å². The van der Waals surface area contributed by atoms with E-state index in [1.54, 1.807) is 12.0 Å². The summed E-state index contributed by atoms with van der Waals surface area (Å²) < 4.78 is 5.17. The normalized spacial score (nSPS) is 21.4. The van der Waals surface area contributed by atoms with Gasteiger partial charge in [0.25, 0.3) is 0 Å². The first-order valence-electron chi connectivity index (χ1n) is 9.95. The Kier molecular flexibility index (Phi) is 6.72. The Balaban J connectivity index is 1.45. The number of carbonyl (C=O) groups excluding carboxylic acids is 2. The molecule has 2 aliphatic rings. The van der Waals surface area contributed by atoms with E-state index in [1.807, 2.05) is 29.2 Å². The minimum absolute atomic E-state index is 0.0280. The third-order valence-electron chi connectivity index (χ3n) is 5.82. The smallest absolute Gasteiger partial charge is 0.242 e. The fraction of sp³-hybridized carbons (Fsp3) is 0.619. The summed E-state index contributed by atoms with van der Waals surface area (Å²) in [6.07, 6.45) is 5.13. The second kappa shape index (κ2) is 9.22. The highest BCUT2D eigenvalue weighted by Crippen LogP contribution is 2.20. The molecule has 27 heavy (non-hydrogen) atoms. The van der Waals surface area contributed by atoms with Crippen molar-refractivity contribution in [2.45, 2.75) is 44.7 Å². The van der Waals surface area contributed by atoms with Crippen molar-refractivity contribution in [3.63, 3.8) is 0 Å². The minimum atomic E-state index is 0.0280. The van der Waals surface area contributed by atoms with Crippen molar-refractivity contribution in [2.24, 2.45) is 0 Å². The largest absolute Gasteiger partial charge is 0.497 e. The molecular weight excluding hydrogens is 342 g/mol. The molecule has 3 rings (SSSR count). The average molecular weight is 373 g/mol. The molecule has 148 valence electrons. The van der Waals surface area contributed by atoms with E-state index in [0.717, 1.165) is 24.3 Å². The fourth-order valence-electron chi connectivity index (χ4n) is 4.00. The van der Waals surface area contributed by atoms with Gasteiger partial charge in [-0.05, 0) is 50.6 Å². The van der Waals surface area contributed by atoms with E-state index in [4.69, 9.17) is 4.74 Å². The summed E-state index contributed by atoms with van der Waals surface area (Å²) in [6, 6.07) is 8.27. The van der Waals surface area contributed by atoms with Gasteiger partial charge in [-0.2, -0.15) is 0 Å². The van der Waals surface area contributed by atoms with Gasteiger partial charge in [-0.1, -0.05) is 18.6 Å². The zero-order chi connectivity index (χ0) is 19.2. The van der Waals surface area contributed by atoms with Crippen molar-refractivity contribution in [1.29, 1.82) is 0 Å². The lowest BCUT2D eigenvalue weighted by Gasteiger charge is -2.36. The van der Waals surface area contributed by atoms with E-state index >= 15 is 0 Å². The van der Waals surface area contributed by atoms with Crippen LogP contribution in [0.5, 0.6) is 5.75 Å². The number of likely N-dealkylation sites (tertiary alicyclic amines) is 1. The molecule has 6 heteroatoms. The SMILES string of the molecule is COc1ccc(CN2CCN(C(=O)CCC3CCCCN3C)CC2=O)cc1. The van der Waals surface area contributed by atoms with Crippen molar-refractivity contribution in [3.8, 4) is 5.75 Å². The highest BCUT2D eigenvalue weighted by Gasteiger charge is 2.28. The van der Waals surface area contributed by atoms with Crippen LogP contribution >= 0.6 is 0 Å². The molecule has 1 atom stereocenters. The van der Waals surface area contributed by atoms with E-state index < -0.39 is 0 Å². The number of methoxy groups -OCH3 is 1. The maximum absolute atomic E-state index is 12.6. The highest BCUT2D eigenvalue weighted by atomic mass is 16.5. The Labute approximate surface area is 162 Å². The number of nitrogens with zero attached hydrogens (tertiary/aromatic N) is 3. The van der Waals surface area contributed by atoms with Crippen molar-refractivity contribution in [2.75, 3.05) is 40.3 Å². The molecule has 2 fully saturated rings. The predicted octanol–water partition coefficient (Wildman–Crippen LogP) is 2.13. The fourth-order valence-corrected chi connectivity index (χ4v) is 4.00. The van der Waals surface area contributed by atoms with Crippen LogP contribution in [-0.4, -0.2) is 72.9 Å². The molecule has 1 unspecified atom stereocenters. The first-order chi connectivity index (χ1) is 13.1. The van der Waals surface area contributed by atoms with Crippen molar-refractivity contribution < 1.29 is 14.3 Å². The Hall–Kier alpha value is -2.08. The Morgan fingerprint density at radius 1 is 1.15 bits per heavy atom. The lowest BCUT2D eigenvalue weighted by Crippen LogP contribution is -2.52. The van der Waals surface area contributed by atoms with Gasteiger partial charge in [-0.3, -0.25) is 9.59 Å².